The van der Waals surface area contributed by atoms with E-state index in [2.05, 4.69) is 32.6 Å². The van der Waals surface area contributed by atoms with E-state index in [1.807, 2.05) is 6.92 Å². The second-order valence-electron chi connectivity index (χ2n) is 4.85. The first-order chi connectivity index (χ1) is 7.62. The molecule has 1 aromatic heterocycles. The van der Waals surface area contributed by atoms with Crippen molar-refractivity contribution in [3.63, 3.8) is 0 Å². The highest BCUT2D eigenvalue weighted by Crippen LogP contribution is 2.44. The molecule has 0 aromatic carbocycles. The molecule has 1 aliphatic carbocycles. The lowest BCUT2D eigenvalue weighted by Crippen LogP contribution is -2.36. The lowest BCUT2D eigenvalue weighted by Gasteiger charge is -2.40. The van der Waals surface area contributed by atoms with Crippen molar-refractivity contribution in [1.29, 1.82) is 0 Å². The monoisotopic (exact) mass is 286 g/mol. The highest BCUT2D eigenvalue weighted by Gasteiger charge is 2.38. The Hall–Kier alpha value is -0.350. The van der Waals surface area contributed by atoms with Crippen molar-refractivity contribution in [2.24, 2.45) is 5.41 Å². The number of aryl methyl sites for hydroxylation is 2. The van der Waals surface area contributed by atoms with Gasteiger partial charge in [0.2, 0.25) is 0 Å². The number of aromatic nitrogens is 2. The smallest absolute Gasteiger partial charge is 0.0738 e. The summed E-state index contributed by atoms with van der Waals surface area (Å²) in [7, 11) is 0. The molecule has 0 amide bonds. The zero-order valence-corrected chi connectivity index (χ0v) is 11.5. The predicted octanol–water partition coefficient (Wildman–Crippen LogP) is 2.68. The Balaban J connectivity index is 2.26. The molecule has 0 unspecified atom stereocenters. The lowest BCUT2D eigenvalue weighted by molar-refractivity contribution is 0.0429. The minimum atomic E-state index is 0.127. The Morgan fingerprint density at radius 1 is 1.50 bits per heavy atom. The van der Waals surface area contributed by atoms with Gasteiger partial charge in [-0.15, -0.1) is 0 Å². The van der Waals surface area contributed by atoms with Crippen LogP contribution in [0, 0.1) is 12.3 Å². The fourth-order valence-electron chi connectivity index (χ4n) is 2.46. The predicted molar refractivity (Wildman–Crippen MR) is 67.4 cm³/mol. The van der Waals surface area contributed by atoms with E-state index in [-0.39, 0.29) is 5.41 Å². The molecule has 1 heterocycles. The summed E-state index contributed by atoms with van der Waals surface area (Å²) in [4.78, 5) is 0. The van der Waals surface area contributed by atoms with Crippen molar-refractivity contribution in [2.45, 2.75) is 46.1 Å². The van der Waals surface area contributed by atoms with Crippen LogP contribution in [-0.2, 0) is 13.0 Å². The molecule has 0 radical (unpaired) electrons. The van der Waals surface area contributed by atoms with Crippen LogP contribution < -0.4 is 0 Å². The lowest BCUT2D eigenvalue weighted by atomic mass is 9.66. The van der Waals surface area contributed by atoms with Crippen molar-refractivity contribution in [1.82, 2.24) is 9.78 Å². The van der Waals surface area contributed by atoms with Gasteiger partial charge in [-0.2, -0.15) is 5.10 Å². The normalized spacial score (nSPS) is 18.5. The van der Waals surface area contributed by atoms with Crippen molar-refractivity contribution in [3.8, 4) is 0 Å². The summed E-state index contributed by atoms with van der Waals surface area (Å²) in [5.74, 6) is 0. The Morgan fingerprint density at radius 2 is 2.19 bits per heavy atom. The summed E-state index contributed by atoms with van der Waals surface area (Å²) in [6, 6.07) is 0. The van der Waals surface area contributed by atoms with E-state index in [0.717, 1.165) is 36.0 Å². The summed E-state index contributed by atoms with van der Waals surface area (Å²) in [5.41, 5.74) is 2.42. The Morgan fingerprint density at radius 3 is 2.62 bits per heavy atom. The van der Waals surface area contributed by atoms with Crippen molar-refractivity contribution < 1.29 is 5.11 Å². The van der Waals surface area contributed by atoms with E-state index in [0.29, 0.717) is 6.61 Å². The number of aliphatic hydroxyl groups excluding tert-OH is 1. The van der Waals surface area contributed by atoms with Crippen LogP contribution >= 0.6 is 15.9 Å². The van der Waals surface area contributed by atoms with Crippen LogP contribution in [0.3, 0.4) is 0 Å². The summed E-state index contributed by atoms with van der Waals surface area (Å²) < 4.78 is 3.17. The second-order valence-corrected chi connectivity index (χ2v) is 5.64. The molecular formula is C12H19BrN2O. The third-order valence-electron chi connectivity index (χ3n) is 3.74. The molecule has 1 aliphatic rings. The third kappa shape index (κ3) is 1.93. The molecule has 2 rings (SSSR count). The Labute approximate surface area is 105 Å². The number of aliphatic hydroxyl groups is 1. The number of rotatable bonds is 4. The van der Waals surface area contributed by atoms with Crippen molar-refractivity contribution in [3.05, 3.63) is 15.9 Å². The molecule has 1 saturated carbocycles. The van der Waals surface area contributed by atoms with Gasteiger partial charge in [-0.3, -0.25) is 4.68 Å². The maximum absolute atomic E-state index is 9.51. The molecule has 0 bridgehead atoms. The van der Waals surface area contributed by atoms with Gasteiger partial charge in [0.25, 0.3) is 0 Å². The highest BCUT2D eigenvalue weighted by molar-refractivity contribution is 9.10. The molecule has 90 valence electrons. The molecule has 4 heteroatoms. The van der Waals surface area contributed by atoms with Crippen LogP contribution in [0.15, 0.2) is 4.47 Å². The molecule has 1 aromatic rings. The summed E-state index contributed by atoms with van der Waals surface area (Å²) in [5, 5.41) is 14.0. The molecule has 1 N–H and O–H groups in total. The van der Waals surface area contributed by atoms with Crippen LogP contribution in [0.25, 0.3) is 0 Å². The molecular weight excluding hydrogens is 268 g/mol. The van der Waals surface area contributed by atoms with Gasteiger partial charge in [0, 0.05) is 13.2 Å². The number of hydrogen-bond acceptors (Lipinski definition) is 2. The van der Waals surface area contributed by atoms with E-state index in [1.54, 1.807) is 0 Å². The zero-order valence-electron chi connectivity index (χ0n) is 9.96. The molecule has 1 fully saturated rings. The summed E-state index contributed by atoms with van der Waals surface area (Å²) in [6.07, 6.45) is 4.48. The maximum Gasteiger partial charge on any atom is 0.0738 e. The molecule has 3 nitrogen and oxygen atoms in total. The van der Waals surface area contributed by atoms with Crippen LogP contribution in [0.5, 0.6) is 0 Å². The first kappa shape index (κ1) is 12.1. The largest absolute Gasteiger partial charge is 0.396 e. The number of halogens is 1. The minimum Gasteiger partial charge on any atom is -0.396 e. The highest BCUT2D eigenvalue weighted by atomic mass is 79.9. The first-order valence-electron chi connectivity index (χ1n) is 5.94. The number of nitrogens with zero attached hydrogens (tertiary/aromatic N) is 2. The second kappa shape index (κ2) is 4.49. The van der Waals surface area contributed by atoms with Gasteiger partial charge in [-0.1, -0.05) is 6.42 Å². The third-order valence-corrected chi connectivity index (χ3v) is 4.78. The Bertz CT molecular complexity index is 377. The van der Waals surface area contributed by atoms with Crippen LogP contribution in [-0.4, -0.2) is 21.5 Å². The molecule has 16 heavy (non-hydrogen) atoms. The summed E-state index contributed by atoms with van der Waals surface area (Å²) >= 11 is 3.61. The fourth-order valence-corrected chi connectivity index (χ4v) is 2.88. The molecule has 0 saturated heterocycles. The maximum atomic E-state index is 9.51. The van der Waals surface area contributed by atoms with Gasteiger partial charge in [0.05, 0.1) is 15.9 Å². The van der Waals surface area contributed by atoms with Crippen molar-refractivity contribution in [2.75, 3.05) is 6.61 Å². The SMILES string of the molecule is CCn1nc(C)c(Br)c1CC1(CO)CCC1. The van der Waals surface area contributed by atoms with Crippen LogP contribution in [0.1, 0.15) is 37.6 Å². The van der Waals surface area contributed by atoms with E-state index < -0.39 is 0 Å². The minimum absolute atomic E-state index is 0.127. The zero-order chi connectivity index (χ0) is 11.8. The molecule has 0 aliphatic heterocycles. The van der Waals surface area contributed by atoms with E-state index in [1.165, 1.54) is 12.1 Å². The van der Waals surface area contributed by atoms with Gasteiger partial charge >= 0.3 is 0 Å². The van der Waals surface area contributed by atoms with Gasteiger partial charge < -0.3 is 5.11 Å². The molecule has 0 atom stereocenters. The van der Waals surface area contributed by atoms with E-state index in [9.17, 15) is 5.11 Å². The van der Waals surface area contributed by atoms with Crippen LogP contribution in [0.2, 0.25) is 0 Å². The quantitative estimate of drug-likeness (QED) is 0.924. The van der Waals surface area contributed by atoms with Gasteiger partial charge in [0.1, 0.15) is 0 Å². The van der Waals surface area contributed by atoms with Gasteiger partial charge in [-0.25, -0.2) is 0 Å². The standard InChI is InChI=1S/C12H19BrN2O/c1-3-15-10(11(13)9(2)14-15)7-12(8-16)5-4-6-12/h16H,3-8H2,1-2H3. The molecule has 0 spiro atoms. The average Bonchev–Trinajstić information content (AvgIpc) is 2.50. The fraction of sp³-hybridized carbons (Fsp3) is 0.750. The first-order valence-corrected chi connectivity index (χ1v) is 6.74. The average molecular weight is 287 g/mol. The van der Waals surface area contributed by atoms with E-state index >= 15 is 0 Å². The Kier molecular flexibility index (Phi) is 3.40. The summed E-state index contributed by atoms with van der Waals surface area (Å²) in [6.45, 7) is 5.32. The van der Waals surface area contributed by atoms with Gasteiger partial charge in [0.15, 0.2) is 0 Å². The van der Waals surface area contributed by atoms with Gasteiger partial charge in [-0.05, 0) is 54.5 Å². The van der Waals surface area contributed by atoms with E-state index in [4.69, 9.17) is 0 Å². The van der Waals surface area contributed by atoms with Crippen molar-refractivity contribution >= 4 is 15.9 Å². The number of hydrogen-bond donors (Lipinski definition) is 1. The topological polar surface area (TPSA) is 38.0 Å². The van der Waals surface area contributed by atoms with Crippen LogP contribution in [0.4, 0.5) is 0 Å².